The van der Waals surface area contributed by atoms with E-state index in [1.807, 2.05) is 59.2 Å². The van der Waals surface area contributed by atoms with Crippen LogP contribution in [0.5, 0.6) is 0 Å². The molecule has 0 unspecified atom stereocenters. The maximum Gasteiger partial charge on any atom is 0.375 e. The summed E-state index contributed by atoms with van der Waals surface area (Å²) in [6, 6.07) is 19.1. The highest BCUT2D eigenvalue weighted by molar-refractivity contribution is 6.06. The number of amides is 1. The van der Waals surface area contributed by atoms with Crippen LogP contribution in [0, 0.1) is 0 Å². The lowest BCUT2D eigenvalue weighted by Gasteiger charge is -2.10. The van der Waals surface area contributed by atoms with Crippen molar-refractivity contribution in [2.75, 3.05) is 12.4 Å². The maximum absolute atomic E-state index is 12.9. The number of hydrogen-bond donors (Lipinski definition) is 2. The second-order valence-electron chi connectivity index (χ2n) is 5.71. The molecule has 0 spiro atoms. The highest BCUT2D eigenvalue weighted by Crippen LogP contribution is 2.24. The smallest absolute Gasteiger partial charge is 0.375 e. The van der Waals surface area contributed by atoms with Crippen molar-refractivity contribution in [2.24, 2.45) is 0 Å². The topological polar surface area (TPSA) is 102 Å². The van der Waals surface area contributed by atoms with Gasteiger partial charge in [0, 0.05) is 11.1 Å². The summed E-state index contributed by atoms with van der Waals surface area (Å²) in [7, 11) is 1.24. The van der Waals surface area contributed by atoms with E-state index in [4.69, 9.17) is 0 Å². The van der Waals surface area contributed by atoms with Crippen LogP contribution >= 0.6 is 0 Å². The molecule has 8 nitrogen and oxygen atoms in total. The molecule has 0 fully saturated rings. The minimum Gasteiger partial charge on any atom is -0.463 e. The van der Waals surface area contributed by atoms with Crippen LogP contribution in [0.15, 0.2) is 60.7 Å². The number of esters is 1. The van der Waals surface area contributed by atoms with Crippen molar-refractivity contribution in [3.8, 4) is 5.69 Å². The van der Waals surface area contributed by atoms with Crippen molar-refractivity contribution >= 4 is 28.7 Å². The molecule has 2 N–H and O–H groups in total. The van der Waals surface area contributed by atoms with E-state index in [1.54, 1.807) is 6.07 Å². The molecular weight excluding hydrogens is 346 g/mol. The molecule has 8 heteroatoms. The maximum atomic E-state index is 12.9. The molecule has 0 aliphatic heterocycles. The predicted octanol–water partition coefficient (Wildman–Crippen LogP) is 2.79. The largest absolute Gasteiger partial charge is 0.463 e. The summed E-state index contributed by atoms with van der Waals surface area (Å²) in [5.41, 5.74) is 2.18. The molecule has 0 radical (unpaired) electrons. The Labute approximate surface area is 153 Å². The first-order valence-electron chi connectivity index (χ1n) is 8.15. The van der Waals surface area contributed by atoms with Gasteiger partial charge < -0.3 is 9.30 Å². The van der Waals surface area contributed by atoms with Crippen molar-refractivity contribution in [3.05, 3.63) is 72.2 Å². The lowest BCUT2D eigenvalue weighted by Crippen LogP contribution is -2.17. The van der Waals surface area contributed by atoms with Crippen molar-refractivity contribution < 1.29 is 14.3 Å². The lowest BCUT2D eigenvalue weighted by atomic mass is 10.2. The first kappa shape index (κ1) is 16.5. The van der Waals surface area contributed by atoms with E-state index >= 15 is 0 Å². The van der Waals surface area contributed by atoms with Gasteiger partial charge in [-0.05, 0) is 24.3 Å². The van der Waals surface area contributed by atoms with Crippen LogP contribution in [0.25, 0.3) is 16.6 Å². The summed E-state index contributed by atoms with van der Waals surface area (Å²) in [5.74, 6) is -1.16. The SMILES string of the molecule is COC(=O)c1nc(NC(=O)c2cc3ccccc3n2-c2ccccc2)n[nH]1. The zero-order valence-corrected chi connectivity index (χ0v) is 14.3. The van der Waals surface area contributed by atoms with Crippen LogP contribution in [0.1, 0.15) is 21.1 Å². The molecule has 0 atom stereocenters. The van der Waals surface area contributed by atoms with E-state index in [0.717, 1.165) is 16.6 Å². The Morgan fingerprint density at radius 1 is 1.07 bits per heavy atom. The van der Waals surface area contributed by atoms with E-state index in [0.29, 0.717) is 5.69 Å². The van der Waals surface area contributed by atoms with E-state index in [1.165, 1.54) is 7.11 Å². The fourth-order valence-electron chi connectivity index (χ4n) is 2.85. The van der Waals surface area contributed by atoms with Crippen LogP contribution in [-0.4, -0.2) is 38.7 Å². The number of carbonyl (C=O) groups is 2. The van der Waals surface area contributed by atoms with Gasteiger partial charge in [0.1, 0.15) is 5.69 Å². The molecular formula is C19H15N5O3. The third kappa shape index (κ3) is 3.04. The van der Waals surface area contributed by atoms with E-state index in [-0.39, 0.29) is 11.8 Å². The number of ether oxygens (including phenoxy) is 1. The number of benzene rings is 2. The third-order valence-electron chi connectivity index (χ3n) is 4.05. The van der Waals surface area contributed by atoms with Gasteiger partial charge in [0.15, 0.2) is 0 Å². The Morgan fingerprint density at radius 2 is 1.81 bits per heavy atom. The average Bonchev–Trinajstić information content (AvgIpc) is 3.32. The Morgan fingerprint density at radius 3 is 2.59 bits per heavy atom. The number of rotatable bonds is 4. The molecule has 2 aromatic carbocycles. The summed E-state index contributed by atoms with van der Waals surface area (Å²) in [6.07, 6.45) is 0. The average molecular weight is 361 g/mol. The minimum atomic E-state index is -0.665. The fraction of sp³-hybridized carbons (Fsp3) is 0.0526. The van der Waals surface area contributed by atoms with Crippen molar-refractivity contribution in [1.29, 1.82) is 0 Å². The molecule has 0 saturated carbocycles. The monoisotopic (exact) mass is 361 g/mol. The summed E-state index contributed by atoms with van der Waals surface area (Å²) >= 11 is 0. The summed E-state index contributed by atoms with van der Waals surface area (Å²) in [4.78, 5) is 28.3. The summed E-state index contributed by atoms with van der Waals surface area (Å²) in [5, 5.41) is 9.79. The number of anilines is 1. The number of methoxy groups -OCH3 is 1. The van der Waals surface area contributed by atoms with E-state index in [9.17, 15) is 9.59 Å². The number of nitrogens with one attached hydrogen (secondary N) is 2. The van der Waals surface area contributed by atoms with Gasteiger partial charge in [0.2, 0.25) is 11.8 Å². The quantitative estimate of drug-likeness (QED) is 0.544. The van der Waals surface area contributed by atoms with Gasteiger partial charge in [-0.1, -0.05) is 36.4 Å². The molecule has 2 aromatic heterocycles. The molecule has 4 aromatic rings. The molecule has 27 heavy (non-hydrogen) atoms. The van der Waals surface area contributed by atoms with E-state index in [2.05, 4.69) is 25.2 Å². The van der Waals surface area contributed by atoms with Crippen LogP contribution in [0.3, 0.4) is 0 Å². The number of aromatic amines is 1. The second kappa shape index (κ2) is 6.75. The molecule has 1 amide bonds. The van der Waals surface area contributed by atoms with Crippen LogP contribution < -0.4 is 5.32 Å². The number of nitrogens with zero attached hydrogens (tertiary/aromatic N) is 3. The standard InChI is InChI=1S/C19H15N5O3/c1-27-18(26)16-20-19(23-22-16)21-17(25)15-11-12-7-5-6-10-14(12)24(15)13-8-3-2-4-9-13/h2-11H,1H3,(H2,20,21,22,23,25). The molecule has 2 heterocycles. The number of para-hydroxylation sites is 2. The normalized spacial score (nSPS) is 10.7. The zero-order valence-electron chi connectivity index (χ0n) is 14.3. The number of H-pyrrole nitrogens is 1. The third-order valence-corrected chi connectivity index (χ3v) is 4.05. The Hall–Kier alpha value is -3.94. The van der Waals surface area contributed by atoms with Crippen LogP contribution in [0.4, 0.5) is 5.95 Å². The number of aromatic nitrogens is 4. The first-order valence-corrected chi connectivity index (χ1v) is 8.15. The van der Waals surface area contributed by atoms with E-state index < -0.39 is 11.9 Å². The van der Waals surface area contributed by atoms with Gasteiger partial charge in [-0.25, -0.2) is 4.79 Å². The lowest BCUT2D eigenvalue weighted by molar-refractivity contribution is 0.0587. The summed E-state index contributed by atoms with van der Waals surface area (Å²) in [6.45, 7) is 0. The number of hydrogen-bond acceptors (Lipinski definition) is 5. The number of carbonyl (C=O) groups excluding carboxylic acids is 2. The number of fused-ring (bicyclic) bond motifs is 1. The Bertz CT molecular complexity index is 1130. The van der Waals surface area contributed by atoms with Crippen molar-refractivity contribution in [3.63, 3.8) is 0 Å². The highest BCUT2D eigenvalue weighted by atomic mass is 16.5. The molecule has 0 aliphatic carbocycles. The molecule has 4 rings (SSSR count). The minimum absolute atomic E-state index is 0.00901. The second-order valence-corrected chi connectivity index (χ2v) is 5.71. The Balaban J connectivity index is 1.74. The van der Waals surface area contributed by atoms with Gasteiger partial charge in [-0.3, -0.25) is 15.2 Å². The Kier molecular flexibility index (Phi) is 4.13. The molecule has 0 aliphatic rings. The van der Waals surface area contributed by atoms with Crippen molar-refractivity contribution in [2.45, 2.75) is 0 Å². The van der Waals surface area contributed by atoms with Gasteiger partial charge in [0.25, 0.3) is 5.91 Å². The highest BCUT2D eigenvalue weighted by Gasteiger charge is 2.19. The summed E-state index contributed by atoms with van der Waals surface area (Å²) < 4.78 is 6.43. The van der Waals surface area contributed by atoms with Crippen molar-refractivity contribution in [1.82, 2.24) is 19.7 Å². The first-order chi connectivity index (χ1) is 13.2. The van der Waals surface area contributed by atoms with Gasteiger partial charge in [-0.15, -0.1) is 5.10 Å². The zero-order chi connectivity index (χ0) is 18.8. The molecule has 134 valence electrons. The fourth-order valence-corrected chi connectivity index (χ4v) is 2.85. The van der Waals surface area contributed by atoms with Gasteiger partial charge in [-0.2, -0.15) is 4.98 Å². The van der Waals surface area contributed by atoms with Crippen LogP contribution in [0.2, 0.25) is 0 Å². The van der Waals surface area contributed by atoms with Gasteiger partial charge >= 0.3 is 5.97 Å². The van der Waals surface area contributed by atoms with Crippen LogP contribution in [-0.2, 0) is 4.74 Å². The molecule has 0 saturated heterocycles. The van der Waals surface area contributed by atoms with Gasteiger partial charge in [0.05, 0.1) is 12.6 Å². The predicted molar refractivity (Wildman–Crippen MR) is 99.0 cm³/mol. The molecule has 0 bridgehead atoms.